The third kappa shape index (κ3) is 4.24. The highest BCUT2D eigenvalue weighted by Crippen LogP contribution is 2.27. The van der Waals surface area contributed by atoms with Crippen molar-refractivity contribution in [2.45, 2.75) is 50.8 Å². The monoisotopic (exact) mass is 374 g/mol. The van der Waals surface area contributed by atoms with E-state index in [1.165, 1.54) is 11.8 Å². The second kappa shape index (κ2) is 7.11. The van der Waals surface area contributed by atoms with Crippen LogP contribution in [0.4, 0.5) is 5.69 Å². The van der Waals surface area contributed by atoms with E-state index in [0.717, 1.165) is 16.8 Å². The van der Waals surface area contributed by atoms with Gasteiger partial charge in [-0.15, -0.1) is 10.2 Å². The summed E-state index contributed by atoms with van der Waals surface area (Å²) >= 11 is 1.22. The lowest BCUT2D eigenvalue weighted by Gasteiger charge is -2.15. The number of nitrogens with one attached hydrogen (secondary N) is 2. The van der Waals surface area contributed by atoms with Gasteiger partial charge in [0.05, 0.1) is 18.2 Å². The van der Waals surface area contributed by atoms with Gasteiger partial charge in [0.25, 0.3) is 5.22 Å². The molecule has 3 rings (SSSR count). The van der Waals surface area contributed by atoms with Crippen molar-refractivity contribution in [1.82, 2.24) is 15.5 Å². The highest BCUT2D eigenvalue weighted by atomic mass is 32.2. The summed E-state index contributed by atoms with van der Waals surface area (Å²) in [6, 6.07) is 5.59. The minimum Gasteiger partial charge on any atom is -0.415 e. The lowest BCUT2D eigenvalue weighted by atomic mass is 9.97. The minimum absolute atomic E-state index is 0.000535. The van der Waals surface area contributed by atoms with Crippen LogP contribution >= 0.6 is 11.8 Å². The van der Waals surface area contributed by atoms with Crippen LogP contribution in [0.2, 0.25) is 0 Å². The molecule has 1 aromatic heterocycles. The van der Waals surface area contributed by atoms with E-state index in [-0.39, 0.29) is 29.0 Å². The van der Waals surface area contributed by atoms with Gasteiger partial charge >= 0.3 is 0 Å². The van der Waals surface area contributed by atoms with Crippen molar-refractivity contribution >= 4 is 29.3 Å². The van der Waals surface area contributed by atoms with Crippen LogP contribution in [0.1, 0.15) is 50.8 Å². The van der Waals surface area contributed by atoms with Crippen LogP contribution in [0.3, 0.4) is 0 Å². The van der Waals surface area contributed by atoms with Crippen LogP contribution in [0.5, 0.6) is 0 Å². The van der Waals surface area contributed by atoms with Crippen LogP contribution in [0, 0.1) is 0 Å². The highest BCUT2D eigenvalue weighted by Gasteiger charge is 2.22. The summed E-state index contributed by atoms with van der Waals surface area (Å²) < 4.78 is 5.57. The summed E-state index contributed by atoms with van der Waals surface area (Å²) in [6.45, 7) is 7.88. The fourth-order valence-electron chi connectivity index (χ4n) is 2.58. The Labute approximate surface area is 156 Å². The number of hydrogen-bond acceptors (Lipinski definition) is 6. The zero-order valence-corrected chi connectivity index (χ0v) is 16.1. The first-order valence-electron chi connectivity index (χ1n) is 8.41. The molecule has 2 N–H and O–H groups in total. The zero-order chi connectivity index (χ0) is 18.9. The molecule has 7 nitrogen and oxygen atoms in total. The first kappa shape index (κ1) is 18.4. The van der Waals surface area contributed by atoms with E-state index >= 15 is 0 Å². The van der Waals surface area contributed by atoms with E-state index in [1.54, 1.807) is 0 Å². The Hall–Kier alpha value is -2.35. The van der Waals surface area contributed by atoms with E-state index in [9.17, 15) is 9.59 Å². The molecule has 0 spiro atoms. The SMILES string of the molecule is C[C@H](NC(=O)CSc1nnc(C(C)(C)C)o1)c1ccc2c(c1)CC(=O)N2. The van der Waals surface area contributed by atoms with E-state index < -0.39 is 0 Å². The van der Waals surface area contributed by atoms with Gasteiger partial charge in [-0.3, -0.25) is 9.59 Å². The summed E-state index contributed by atoms with van der Waals surface area (Å²) in [5, 5.41) is 14.1. The lowest BCUT2D eigenvalue weighted by Crippen LogP contribution is -2.28. The number of nitrogens with zero attached hydrogens (tertiary/aromatic N) is 2. The summed E-state index contributed by atoms with van der Waals surface area (Å²) in [7, 11) is 0. The van der Waals surface area contributed by atoms with E-state index in [1.807, 2.05) is 45.9 Å². The third-order valence-electron chi connectivity index (χ3n) is 4.01. The van der Waals surface area contributed by atoms with Gasteiger partial charge in [-0.1, -0.05) is 44.7 Å². The van der Waals surface area contributed by atoms with Crippen molar-refractivity contribution in [3.8, 4) is 0 Å². The largest absolute Gasteiger partial charge is 0.415 e. The smallest absolute Gasteiger partial charge is 0.277 e. The molecule has 0 saturated heterocycles. The summed E-state index contributed by atoms with van der Waals surface area (Å²) in [6.07, 6.45) is 0.382. The van der Waals surface area contributed by atoms with Crippen LogP contribution in [0.15, 0.2) is 27.8 Å². The molecule has 2 aromatic rings. The lowest BCUT2D eigenvalue weighted by molar-refractivity contribution is -0.119. The van der Waals surface area contributed by atoms with E-state index in [0.29, 0.717) is 17.5 Å². The normalized spacial score (nSPS) is 14.7. The van der Waals surface area contributed by atoms with Gasteiger partial charge in [0.2, 0.25) is 17.7 Å². The minimum atomic E-state index is -0.216. The average Bonchev–Trinajstić information content (AvgIpc) is 3.17. The maximum atomic E-state index is 12.2. The number of aromatic nitrogens is 2. The van der Waals surface area contributed by atoms with Crippen molar-refractivity contribution in [1.29, 1.82) is 0 Å². The van der Waals surface area contributed by atoms with Crippen LogP contribution < -0.4 is 10.6 Å². The predicted molar refractivity (Wildman–Crippen MR) is 99.1 cm³/mol. The molecule has 0 unspecified atom stereocenters. The maximum absolute atomic E-state index is 12.2. The van der Waals surface area contributed by atoms with Gasteiger partial charge in [-0.2, -0.15) is 0 Å². The van der Waals surface area contributed by atoms with E-state index in [2.05, 4.69) is 20.8 Å². The molecular formula is C18H22N4O3S. The number of amides is 2. The standard InChI is InChI=1S/C18H22N4O3S/c1-10(11-5-6-13-12(7-11)8-14(23)20-13)19-15(24)9-26-17-22-21-16(25-17)18(2,3)4/h5-7,10H,8-9H2,1-4H3,(H,19,24)(H,20,23)/t10-/m0/s1. The Balaban J connectivity index is 1.54. The topological polar surface area (TPSA) is 97.1 Å². The molecule has 26 heavy (non-hydrogen) atoms. The second-order valence-electron chi connectivity index (χ2n) is 7.34. The third-order valence-corrected chi connectivity index (χ3v) is 4.83. The summed E-state index contributed by atoms with van der Waals surface area (Å²) in [4.78, 5) is 23.6. The maximum Gasteiger partial charge on any atom is 0.277 e. The summed E-state index contributed by atoms with van der Waals surface area (Å²) in [5.74, 6) is 0.628. The molecule has 0 saturated carbocycles. The van der Waals surface area contributed by atoms with Crippen molar-refractivity contribution in [3.05, 3.63) is 35.2 Å². The fraction of sp³-hybridized carbons (Fsp3) is 0.444. The number of anilines is 1. The number of rotatable bonds is 5. The molecule has 1 aliphatic heterocycles. The molecule has 0 fully saturated rings. The van der Waals surface area contributed by atoms with Crippen LogP contribution in [-0.4, -0.2) is 27.8 Å². The molecule has 1 atom stereocenters. The number of thioether (sulfide) groups is 1. The van der Waals surface area contributed by atoms with Gasteiger partial charge in [0.15, 0.2) is 0 Å². The van der Waals surface area contributed by atoms with Gasteiger partial charge in [-0.25, -0.2) is 0 Å². The molecule has 0 aliphatic carbocycles. The molecule has 0 radical (unpaired) electrons. The molecule has 138 valence electrons. The first-order valence-corrected chi connectivity index (χ1v) is 9.40. The molecule has 2 amide bonds. The molecule has 1 aliphatic rings. The predicted octanol–water partition coefficient (Wildman–Crippen LogP) is 2.83. The van der Waals surface area contributed by atoms with Crippen molar-refractivity contribution < 1.29 is 14.0 Å². The number of carbonyl (C=O) groups is 2. The Kier molecular flexibility index (Phi) is 5.04. The molecule has 8 heteroatoms. The number of hydrogen-bond donors (Lipinski definition) is 2. The number of carbonyl (C=O) groups excluding carboxylic acids is 2. The Morgan fingerprint density at radius 1 is 1.38 bits per heavy atom. The van der Waals surface area contributed by atoms with E-state index in [4.69, 9.17) is 4.42 Å². The van der Waals surface area contributed by atoms with Gasteiger partial charge in [-0.05, 0) is 24.1 Å². The highest BCUT2D eigenvalue weighted by molar-refractivity contribution is 7.99. The molecule has 0 bridgehead atoms. The van der Waals surface area contributed by atoms with Crippen molar-refractivity contribution in [2.75, 3.05) is 11.1 Å². The zero-order valence-electron chi connectivity index (χ0n) is 15.3. The Bertz CT molecular complexity index is 841. The number of fused-ring (bicyclic) bond motifs is 1. The van der Waals surface area contributed by atoms with Crippen LogP contribution in [-0.2, 0) is 21.4 Å². The molecule has 2 heterocycles. The quantitative estimate of drug-likeness (QED) is 0.781. The molecular weight excluding hydrogens is 352 g/mol. The second-order valence-corrected chi connectivity index (χ2v) is 8.27. The van der Waals surface area contributed by atoms with Crippen LogP contribution in [0.25, 0.3) is 0 Å². The first-order chi connectivity index (χ1) is 12.2. The average molecular weight is 374 g/mol. The fourth-order valence-corrected chi connectivity index (χ4v) is 3.16. The van der Waals surface area contributed by atoms with Crippen molar-refractivity contribution in [3.63, 3.8) is 0 Å². The molecule has 1 aromatic carbocycles. The van der Waals surface area contributed by atoms with Gasteiger partial charge in [0, 0.05) is 11.1 Å². The summed E-state index contributed by atoms with van der Waals surface area (Å²) in [5.41, 5.74) is 2.56. The Morgan fingerprint density at radius 3 is 2.85 bits per heavy atom. The number of benzene rings is 1. The van der Waals surface area contributed by atoms with Crippen molar-refractivity contribution in [2.24, 2.45) is 0 Å². The van der Waals surface area contributed by atoms with Gasteiger partial charge < -0.3 is 15.1 Å². The van der Waals surface area contributed by atoms with Gasteiger partial charge in [0.1, 0.15) is 0 Å². The Morgan fingerprint density at radius 2 is 2.15 bits per heavy atom.